The predicted octanol–water partition coefficient (Wildman–Crippen LogP) is 10.8. The van der Waals surface area contributed by atoms with Gasteiger partial charge in [-0.15, -0.1) is 0 Å². The van der Waals surface area contributed by atoms with Gasteiger partial charge in [-0.2, -0.15) is 0 Å². The Labute approximate surface area is 344 Å². The van der Waals surface area contributed by atoms with Gasteiger partial charge < -0.3 is 40.2 Å². The topological polar surface area (TPSA) is 85.0 Å². The molecule has 0 heterocycles. The van der Waals surface area contributed by atoms with Gasteiger partial charge in [-0.3, -0.25) is 0 Å². The first-order valence-electron chi connectivity index (χ1n) is 24.4. The summed E-state index contributed by atoms with van der Waals surface area (Å²) in [6, 6.07) is 0. The van der Waals surface area contributed by atoms with Crippen LogP contribution in [-0.2, 0) is 18.9 Å². The van der Waals surface area contributed by atoms with Gasteiger partial charge in [-0.1, -0.05) is 181 Å². The monoisotopic (exact) mass is 785 g/mol. The van der Waals surface area contributed by atoms with E-state index < -0.39 is 0 Å². The highest BCUT2D eigenvalue weighted by Gasteiger charge is 2.09. The number of nitrogens with one attached hydrogen (secondary N) is 4. The molecule has 332 valence electrons. The number of hydrogen-bond donors (Lipinski definition) is 4. The summed E-state index contributed by atoms with van der Waals surface area (Å²) in [5.74, 6) is 0. The Hall–Kier alpha value is -0.320. The minimum Gasteiger partial charge on any atom is -0.382 e. The molecule has 0 aliphatic heterocycles. The van der Waals surface area contributed by atoms with Gasteiger partial charge >= 0.3 is 0 Å². The minimum absolute atomic E-state index is 0.128. The maximum absolute atomic E-state index is 6.13. The molecular formula is C47H100N4O4. The third-order valence-electron chi connectivity index (χ3n) is 10.7. The van der Waals surface area contributed by atoms with Gasteiger partial charge in [0.15, 0.2) is 0 Å². The standard InChI is InChI=1S/C47H100N4O4/c1-5-8-10-12-14-16-18-20-22-24-26-28-30-32-40-53-45-47(54-7-3)43-51-39-37-49-35-34-48-36-38-50-42-46(44-52-4)55-41-33-31-29-27-25-23-21-19-17-15-13-11-9-6-2/h46-51H,5-45H2,1-4H3. The van der Waals surface area contributed by atoms with E-state index in [1.54, 1.807) is 7.11 Å². The van der Waals surface area contributed by atoms with Crippen LogP contribution in [0.3, 0.4) is 0 Å². The van der Waals surface area contributed by atoms with Crippen molar-refractivity contribution in [2.75, 3.05) is 92.5 Å². The number of ether oxygens (including phenoxy) is 4. The third-order valence-corrected chi connectivity index (χ3v) is 10.7. The maximum Gasteiger partial charge on any atom is 0.0932 e. The van der Waals surface area contributed by atoms with Gasteiger partial charge in [-0.25, -0.2) is 0 Å². The van der Waals surface area contributed by atoms with Gasteiger partial charge in [0.1, 0.15) is 0 Å². The van der Waals surface area contributed by atoms with Gasteiger partial charge in [0.05, 0.1) is 25.4 Å². The Kier molecular flexibility index (Phi) is 49.5. The molecule has 0 bridgehead atoms. The van der Waals surface area contributed by atoms with Crippen LogP contribution in [0.2, 0.25) is 0 Å². The normalized spacial score (nSPS) is 12.9. The molecule has 0 fully saturated rings. The number of rotatable bonds is 50. The summed E-state index contributed by atoms with van der Waals surface area (Å²) in [6.45, 7) is 17.8. The molecule has 2 unspecified atom stereocenters. The molecule has 0 saturated heterocycles. The smallest absolute Gasteiger partial charge is 0.0932 e. The third kappa shape index (κ3) is 46.2. The zero-order valence-corrected chi connectivity index (χ0v) is 37.8. The molecule has 0 rings (SSSR count). The Bertz CT molecular complexity index is 677. The zero-order chi connectivity index (χ0) is 39.8. The second-order valence-corrected chi connectivity index (χ2v) is 16.2. The molecule has 0 radical (unpaired) electrons. The van der Waals surface area contributed by atoms with Gasteiger partial charge in [-0.05, 0) is 19.8 Å². The van der Waals surface area contributed by atoms with Crippen molar-refractivity contribution in [1.82, 2.24) is 21.3 Å². The lowest BCUT2D eigenvalue weighted by molar-refractivity contribution is -0.0113. The Morgan fingerprint density at radius 2 is 0.673 bits per heavy atom. The summed E-state index contributed by atoms with van der Waals surface area (Å²) in [7, 11) is 1.76. The van der Waals surface area contributed by atoms with Crippen LogP contribution < -0.4 is 21.3 Å². The van der Waals surface area contributed by atoms with Crippen molar-refractivity contribution >= 4 is 0 Å². The lowest BCUT2D eigenvalue weighted by Crippen LogP contribution is -2.39. The van der Waals surface area contributed by atoms with Crippen molar-refractivity contribution in [3.05, 3.63) is 0 Å². The highest BCUT2D eigenvalue weighted by atomic mass is 16.5. The van der Waals surface area contributed by atoms with E-state index in [4.69, 9.17) is 18.9 Å². The van der Waals surface area contributed by atoms with Crippen molar-refractivity contribution in [2.24, 2.45) is 0 Å². The van der Waals surface area contributed by atoms with Gasteiger partial charge in [0.25, 0.3) is 0 Å². The molecule has 0 amide bonds. The van der Waals surface area contributed by atoms with Gasteiger partial charge in [0.2, 0.25) is 0 Å². The molecule has 0 saturated carbocycles. The van der Waals surface area contributed by atoms with E-state index in [1.807, 2.05) is 0 Å². The summed E-state index contributed by atoms with van der Waals surface area (Å²) in [6.07, 6.45) is 39.1. The average molecular weight is 785 g/mol. The lowest BCUT2D eigenvalue weighted by atomic mass is 10.0. The Balaban J connectivity index is 3.52. The fraction of sp³-hybridized carbons (Fsp3) is 1.00. The summed E-state index contributed by atoms with van der Waals surface area (Å²) in [4.78, 5) is 0. The van der Waals surface area contributed by atoms with E-state index in [1.165, 1.54) is 173 Å². The fourth-order valence-electron chi connectivity index (χ4n) is 7.22. The molecular weight excluding hydrogens is 685 g/mol. The van der Waals surface area contributed by atoms with E-state index in [9.17, 15) is 0 Å². The van der Waals surface area contributed by atoms with Crippen molar-refractivity contribution in [3.63, 3.8) is 0 Å². The highest BCUT2D eigenvalue weighted by Crippen LogP contribution is 2.14. The predicted molar refractivity (Wildman–Crippen MR) is 240 cm³/mol. The summed E-state index contributed by atoms with van der Waals surface area (Å²) < 4.78 is 23.4. The molecule has 0 aliphatic carbocycles. The molecule has 8 nitrogen and oxygen atoms in total. The molecule has 0 aliphatic rings. The largest absolute Gasteiger partial charge is 0.382 e. The fourth-order valence-corrected chi connectivity index (χ4v) is 7.22. The first-order valence-corrected chi connectivity index (χ1v) is 24.4. The van der Waals surface area contributed by atoms with E-state index in [-0.39, 0.29) is 12.2 Å². The number of methoxy groups -OCH3 is 1. The number of unbranched alkanes of at least 4 members (excludes halogenated alkanes) is 26. The molecule has 2 atom stereocenters. The summed E-state index contributed by atoms with van der Waals surface area (Å²) in [5.41, 5.74) is 0. The van der Waals surface area contributed by atoms with Crippen LogP contribution in [0, 0.1) is 0 Å². The van der Waals surface area contributed by atoms with E-state index >= 15 is 0 Å². The molecule has 55 heavy (non-hydrogen) atoms. The minimum atomic E-state index is 0.128. The van der Waals surface area contributed by atoms with Gasteiger partial charge in [0, 0.05) is 79.3 Å². The second kappa shape index (κ2) is 49.8. The molecule has 0 spiro atoms. The van der Waals surface area contributed by atoms with Crippen molar-refractivity contribution in [3.8, 4) is 0 Å². The SMILES string of the molecule is CCCCCCCCCCCCCCCCOCC(CNCCNCCNCCNCC(COC)OCCCCCCCCCCCCCCCC)OCC. The van der Waals surface area contributed by atoms with Crippen LogP contribution in [0.15, 0.2) is 0 Å². The summed E-state index contributed by atoms with van der Waals surface area (Å²) in [5, 5.41) is 14.1. The van der Waals surface area contributed by atoms with Crippen molar-refractivity contribution in [2.45, 2.75) is 213 Å². The zero-order valence-electron chi connectivity index (χ0n) is 37.8. The molecule has 8 heteroatoms. The highest BCUT2D eigenvalue weighted by molar-refractivity contribution is 4.65. The molecule has 4 N–H and O–H groups in total. The van der Waals surface area contributed by atoms with E-state index in [2.05, 4.69) is 42.0 Å². The molecule has 0 aromatic carbocycles. The van der Waals surface area contributed by atoms with Crippen LogP contribution >= 0.6 is 0 Å². The van der Waals surface area contributed by atoms with Crippen LogP contribution in [0.1, 0.15) is 201 Å². The van der Waals surface area contributed by atoms with Crippen LogP contribution in [0.5, 0.6) is 0 Å². The Morgan fingerprint density at radius 1 is 0.345 bits per heavy atom. The van der Waals surface area contributed by atoms with Crippen molar-refractivity contribution in [1.29, 1.82) is 0 Å². The van der Waals surface area contributed by atoms with E-state index in [0.29, 0.717) is 13.2 Å². The van der Waals surface area contributed by atoms with Crippen LogP contribution in [-0.4, -0.2) is 105 Å². The quantitative estimate of drug-likeness (QED) is 0.0454. The first kappa shape index (κ1) is 54.7. The maximum atomic E-state index is 6.13. The van der Waals surface area contributed by atoms with Crippen molar-refractivity contribution < 1.29 is 18.9 Å². The first-order chi connectivity index (χ1) is 27.3. The van der Waals surface area contributed by atoms with E-state index in [0.717, 1.165) is 78.6 Å². The summed E-state index contributed by atoms with van der Waals surface area (Å²) >= 11 is 0. The Morgan fingerprint density at radius 3 is 1.04 bits per heavy atom. The van der Waals surface area contributed by atoms with Crippen LogP contribution in [0.25, 0.3) is 0 Å². The average Bonchev–Trinajstić information content (AvgIpc) is 3.19. The molecule has 0 aromatic heterocycles. The number of hydrogen-bond acceptors (Lipinski definition) is 8. The second-order valence-electron chi connectivity index (χ2n) is 16.2. The lowest BCUT2D eigenvalue weighted by Gasteiger charge is -2.18. The molecule has 0 aromatic rings. The van der Waals surface area contributed by atoms with Crippen LogP contribution in [0.4, 0.5) is 0 Å².